The number of aliphatic hydroxyl groups is 2. The molecule has 1 aromatic rings. The molecule has 3 atom stereocenters. The van der Waals surface area contributed by atoms with Crippen LogP contribution in [0.15, 0.2) is 28.7 Å². The minimum atomic E-state index is -0.753. The molecule has 2 N–H and O–H groups in total. The van der Waals surface area contributed by atoms with Crippen molar-refractivity contribution in [1.29, 1.82) is 0 Å². The van der Waals surface area contributed by atoms with E-state index in [2.05, 4.69) is 15.9 Å². The third-order valence-corrected chi connectivity index (χ3v) is 3.14. The second kappa shape index (κ2) is 4.61. The Hall–Kier alpha value is -0.420. The van der Waals surface area contributed by atoms with Crippen molar-refractivity contribution in [2.75, 3.05) is 6.61 Å². The van der Waals surface area contributed by atoms with Crippen molar-refractivity contribution in [2.45, 2.75) is 24.7 Å². The van der Waals surface area contributed by atoms with Gasteiger partial charge in [0.25, 0.3) is 0 Å². The van der Waals surface area contributed by atoms with Crippen molar-refractivity contribution in [3.05, 3.63) is 34.3 Å². The average Bonchev–Trinajstić information content (AvgIpc) is 2.23. The Kier molecular flexibility index (Phi) is 3.41. The lowest BCUT2D eigenvalue weighted by atomic mass is 9.98. The van der Waals surface area contributed by atoms with Crippen LogP contribution in [0.25, 0.3) is 0 Å². The molecule has 1 saturated heterocycles. The minimum absolute atomic E-state index is 0.114. The molecule has 0 unspecified atom stereocenters. The van der Waals surface area contributed by atoms with Crippen LogP contribution in [0.2, 0.25) is 0 Å². The van der Waals surface area contributed by atoms with Gasteiger partial charge in [-0.25, -0.2) is 0 Å². The van der Waals surface area contributed by atoms with E-state index >= 15 is 0 Å². The molecule has 4 heteroatoms. The minimum Gasteiger partial charge on any atom is -0.390 e. The normalized spacial score (nSPS) is 31.5. The van der Waals surface area contributed by atoms with Crippen LogP contribution in [-0.2, 0) is 4.74 Å². The van der Waals surface area contributed by atoms with E-state index in [1.807, 2.05) is 24.3 Å². The van der Waals surface area contributed by atoms with Gasteiger partial charge in [-0.2, -0.15) is 0 Å². The molecule has 0 aromatic heterocycles. The fourth-order valence-electron chi connectivity index (χ4n) is 1.68. The Bertz CT molecular complexity index is 325. The fraction of sp³-hybridized carbons (Fsp3) is 0.455. The lowest BCUT2D eigenvalue weighted by molar-refractivity contribution is -0.122. The van der Waals surface area contributed by atoms with Gasteiger partial charge in [0.2, 0.25) is 0 Å². The number of ether oxygens (including phenoxy) is 1. The summed E-state index contributed by atoms with van der Waals surface area (Å²) in [6, 6.07) is 7.80. The second-order valence-electron chi connectivity index (χ2n) is 3.74. The molecular formula is C11H13BrO3. The first-order valence-electron chi connectivity index (χ1n) is 4.90. The summed E-state index contributed by atoms with van der Waals surface area (Å²) in [6.07, 6.45) is -1.11. The van der Waals surface area contributed by atoms with E-state index in [0.717, 1.165) is 10.0 Å². The van der Waals surface area contributed by atoms with Crippen LogP contribution >= 0.6 is 15.9 Å². The molecule has 1 aromatic carbocycles. The third-order valence-electron chi connectivity index (χ3n) is 2.61. The SMILES string of the molecule is O[C@@H]1CO[C@H](c2ccc(Br)cc2)C[C@@H]1O. The summed E-state index contributed by atoms with van der Waals surface area (Å²) < 4.78 is 6.48. The molecule has 0 spiro atoms. The molecule has 1 aliphatic heterocycles. The fourth-order valence-corrected chi connectivity index (χ4v) is 1.94. The number of aliphatic hydroxyl groups excluding tert-OH is 2. The summed E-state index contributed by atoms with van der Waals surface area (Å²) >= 11 is 3.36. The van der Waals surface area contributed by atoms with Gasteiger partial charge in [0, 0.05) is 10.9 Å². The van der Waals surface area contributed by atoms with Gasteiger partial charge >= 0.3 is 0 Å². The number of halogens is 1. The first-order chi connectivity index (χ1) is 7.16. The average molecular weight is 273 g/mol. The Labute approximate surface area is 96.8 Å². The van der Waals surface area contributed by atoms with Crippen molar-refractivity contribution in [1.82, 2.24) is 0 Å². The van der Waals surface area contributed by atoms with Crippen LogP contribution in [0.1, 0.15) is 18.1 Å². The second-order valence-corrected chi connectivity index (χ2v) is 4.66. The van der Waals surface area contributed by atoms with E-state index in [1.165, 1.54) is 0 Å². The van der Waals surface area contributed by atoms with E-state index in [9.17, 15) is 10.2 Å². The molecule has 1 aliphatic rings. The highest BCUT2D eigenvalue weighted by atomic mass is 79.9. The molecule has 1 fully saturated rings. The first-order valence-corrected chi connectivity index (χ1v) is 5.69. The zero-order valence-corrected chi connectivity index (χ0v) is 9.72. The van der Waals surface area contributed by atoms with Crippen LogP contribution in [0, 0.1) is 0 Å². The number of hydrogen-bond donors (Lipinski definition) is 2. The summed E-state index contributed by atoms with van der Waals surface area (Å²) in [5.41, 5.74) is 1.03. The van der Waals surface area contributed by atoms with Crippen LogP contribution < -0.4 is 0 Å². The zero-order valence-electron chi connectivity index (χ0n) is 8.14. The van der Waals surface area contributed by atoms with Crippen molar-refractivity contribution in [3.63, 3.8) is 0 Å². The summed E-state index contributed by atoms with van der Waals surface area (Å²) in [5.74, 6) is 0. The van der Waals surface area contributed by atoms with Gasteiger partial charge in [0.15, 0.2) is 0 Å². The highest BCUT2D eigenvalue weighted by Gasteiger charge is 2.28. The highest BCUT2D eigenvalue weighted by Crippen LogP contribution is 2.28. The van der Waals surface area contributed by atoms with Crippen molar-refractivity contribution in [3.8, 4) is 0 Å². The van der Waals surface area contributed by atoms with E-state index in [0.29, 0.717) is 6.42 Å². The van der Waals surface area contributed by atoms with Gasteiger partial charge in [0.05, 0.1) is 18.8 Å². The third kappa shape index (κ3) is 2.58. The van der Waals surface area contributed by atoms with Crippen molar-refractivity contribution < 1.29 is 14.9 Å². The molecule has 0 amide bonds. The van der Waals surface area contributed by atoms with Gasteiger partial charge in [0.1, 0.15) is 6.10 Å². The Morgan fingerprint density at radius 3 is 2.40 bits per heavy atom. The van der Waals surface area contributed by atoms with E-state index in [-0.39, 0.29) is 12.7 Å². The molecule has 3 nitrogen and oxygen atoms in total. The predicted octanol–water partition coefficient (Wildman–Crippen LogP) is 1.63. The Morgan fingerprint density at radius 1 is 1.13 bits per heavy atom. The van der Waals surface area contributed by atoms with Gasteiger partial charge in [-0.3, -0.25) is 0 Å². The summed E-state index contributed by atoms with van der Waals surface area (Å²) in [5, 5.41) is 18.8. The molecule has 15 heavy (non-hydrogen) atoms. The lowest BCUT2D eigenvalue weighted by Crippen LogP contribution is -2.37. The standard InChI is InChI=1S/C11H13BrO3/c12-8-3-1-7(2-4-8)11-5-9(13)10(14)6-15-11/h1-4,9-11,13-14H,5-6H2/t9-,10+,11-/m0/s1. The van der Waals surface area contributed by atoms with Crippen LogP contribution in [0.4, 0.5) is 0 Å². The molecular weight excluding hydrogens is 260 g/mol. The number of benzene rings is 1. The number of rotatable bonds is 1. The van der Waals surface area contributed by atoms with E-state index in [1.54, 1.807) is 0 Å². The van der Waals surface area contributed by atoms with Crippen LogP contribution in [0.5, 0.6) is 0 Å². The van der Waals surface area contributed by atoms with E-state index in [4.69, 9.17) is 4.74 Å². The predicted molar refractivity (Wildman–Crippen MR) is 59.5 cm³/mol. The van der Waals surface area contributed by atoms with Gasteiger partial charge in [-0.15, -0.1) is 0 Å². The maximum Gasteiger partial charge on any atom is 0.103 e. The molecule has 2 rings (SSSR count). The molecule has 82 valence electrons. The smallest absolute Gasteiger partial charge is 0.103 e. The quantitative estimate of drug-likeness (QED) is 0.817. The molecule has 1 heterocycles. The topological polar surface area (TPSA) is 49.7 Å². The summed E-state index contributed by atoms with van der Waals surface area (Å²) in [6.45, 7) is 0.196. The highest BCUT2D eigenvalue weighted by molar-refractivity contribution is 9.10. The van der Waals surface area contributed by atoms with Crippen LogP contribution in [-0.4, -0.2) is 29.0 Å². The van der Waals surface area contributed by atoms with Crippen LogP contribution in [0.3, 0.4) is 0 Å². The first kappa shape index (κ1) is 11.1. The van der Waals surface area contributed by atoms with Gasteiger partial charge in [-0.05, 0) is 17.7 Å². The van der Waals surface area contributed by atoms with Crippen molar-refractivity contribution >= 4 is 15.9 Å². The molecule has 0 radical (unpaired) electrons. The molecule has 0 aliphatic carbocycles. The maximum absolute atomic E-state index is 9.52. The largest absolute Gasteiger partial charge is 0.390 e. The van der Waals surface area contributed by atoms with E-state index < -0.39 is 12.2 Å². The Balaban J connectivity index is 2.08. The molecule has 0 saturated carbocycles. The Morgan fingerprint density at radius 2 is 1.80 bits per heavy atom. The molecule has 0 bridgehead atoms. The maximum atomic E-state index is 9.52. The zero-order chi connectivity index (χ0) is 10.8. The van der Waals surface area contributed by atoms with Gasteiger partial charge in [-0.1, -0.05) is 28.1 Å². The van der Waals surface area contributed by atoms with Crippen molar-refractivity contribution in [2.24, 2.45) is 0 Å². The van der Waals surface area contributed by atoms with Gasteiger partial charge < -0.3 is 14.9 Å². The summed E-state index contributed by atoms with van der Waals surface area (Å²) in [7, 11) is 0. The summed E-state index contributed by atoms with van der Waals surface area (Å²) in [4.78, 5) is 0. The number of hydrogen-bond acceptors (Lipinski definition) is 3. The lowest BCUT2D eigenvalue weighted by Gasteiger charge is -2.30. The monoisotopic (exact) mass is 272 g/mol.